The van der Waals surface area contributed by atoms with Crippen LogP contribution in [-0.2, 0) is 0 Å². The molecule has 0 unspecified atom stereocenters. The molecule has 0 spiro atoms. The zero-order valence-electron chi connectivity index (χ0n) is 11.8. The van der Waals surface area contributed by atoms with Crippen LogP contribution in [0.1, 0.15) is 5.56 Å². The summed E-state index contributed by atoms with van der Waals surface area (Å²) in [6, 6.07) is 22.5. The number of benzene rings is 3. The maximum absolute atomic E-state index is 5.42. The van der Waals surface area contributed by atoms with Crippen molar-refractivity contribution >= 4 is 39.5 Å². The molecule has 0 atom stereocenters. The molecular formula is C18H16N2S. The van der Waals surface area contributed by atoms with Crippen LogP contribution in [-0.4, -0.2) is 5.11 Å². The second kappa shape index (κ2) is 5.94. The van der Waals surface area contributed by atoms with Gasteiger partial charge in [-0.2, -0.15) is 0 Å². The molecule has 3 rings (SSSR count). The van der Waals surface area contributed by atoms with Crippen LogP contribution in [0.5, 0.6) is 0 Å². The molecule has 3 heteroatoms. The monoisotopic (exact) mass is 292 g/mol. The standard InChI is InChI=1S/C18H16N2S/c1-13-7-2-5-11-16(13)19-18(21)20-17-12-6-9-14-8-3-4-10-15(14)17/h2-12H,1H3,(H2,19,20,21). The number of aryl methyl sites for hydroxylation is 1. The minimum absolute atomic E-state index is 0.598. The van der Waals surface area contributed by atoms with Crippen LogP contribution in [0.2, 0.25) is 0 Å². The van der Waals surface area contributed by atoms with Crippen molar-refractivity contribution in [2.24, 2.45) is 0 Å². The van der Waals surface area contributed by atoms with E-state index in [-0.39, 0.29) is 0 Å². The molecule has 0 radical (unpaired) electrons. The maximum atomic E-state index is 5.42. The number of anilines is 2. The van der Waals surface area contributed by atoms with E-state index in [1.54, 1.807) is 0 Å². The van der Waals surface area contributed by atoms with Crippen molar-refractivity contribution in [2.45, 2.75) is 6.92 Å². The minimum atomic E-state index is 0.598. The third-order valence-electron chi connectivity index (χ3n) is 3.43. The van der Waals surface area contributed by atoms with Crippen LogP contribution in [0.4, 0.5) is 11.4 Å². The van der Waals surface area contributed by atoms with Gasteiger partial charge in [0.25, 0.3) is 0 Å². The predicted molar refractivity (Wildman–Crippen MR) is 95.0 cm³/mol. The molecule has 2 nitrogen and oxygen atoms in total. The van der Waals surface area contributed by atoms with Gasteiger partial charge in [-0.05, 0) is 42.2 Å². The van der Waals surface area contributed by atoms with E-state index in [0.29, 0.717) is 5.11 Å². The van der Waals surface area contributed by atoms with Crippen LogP contribution in [0.15, 0.2) is 66.7 Å². The third kappa shape index (κ3) is 3.03. The highest BCUT2D eigenvalue weighted by Crippen LogP contribution is 2.23. The van der Waals surface area contributed by atoms with Crippen LogP contribution >= 0.6 is 12.2 Å². The zero-order valence-corrected chi connectivity index (χ0v) is 12.6. The summed E-state index contributed by atoms with van der Waals surface area (Å²) in [6.45, 7) is 2.06. The Hall–Kier alpha value is -2.39. The van der Waals surface area contributed by atoms with Crippen molar-refractivity contribution in [1.82, 2.24) is 0 Å². The summed E-state index contributed by atoms with van der Waals surface area (Å²) in [6.07, 6.45) is 0. The Kier molecular flexibility index (Phi) is 3.84. The lowest BCUT2D eigenvalue weighted by atomic mass is 10.1. The topological polar surface area (TPSA) is 24.1 Å². The van der Waals surface area contributed by atoms with Crippen molar-refractivity contribution in [1.29, 1.82) is 0 Å². The molecule has 0 saturated heterocycles. The van der Waals surface area contributed by atoms with E-state index in [1.165, 1.54) is 10.9 Å². The van der Waals surface area contributed by atoms with E-state index < -0.39 is 0 Å². The molecule has 0 amide bonds. The van der Waals surface area contributed by atoms with Crippen molar-refractivity contribution in [3.8, 4) is 0 Å². The second-order valence-electron chi connectivity index (χ2n) is 4.92. The van der Waals surface area contributed by atoms with Crippen molar-refractivity contribution in [3.05, 3.63) is 72.3 Å². The van der Waals surface area contributed by atoms with Gasteiger partial charge >= 0.3 is 0 Å². The summed E-state index contributed by atoms with van der Waals surface area (Å²) in [7, 11) is 0. The Morgan fingerprint density at radius 3 is 2.24 bits per heavy atom. The summed E-state index contributed by atoms with van der Waals surface area (Å²) in [5, 5.41) is 9.48. The first-order valence-electron chi connectivity index (χ1n) is 6.85. The third-order valence-corrected chi connectivity index (χ3v) is 3.64. The van der Waals surface area contributed by atoms with E-state index in [2.05, 4.69) is 41.8 Å². The minimum Gasteiger partial charge on any atom is -0.332 e. The number of para-hydroxylation sites is 1. The molecule has 0 fully saturated rings. The molecule has 0 aliphatic heterocycles. The Morgan fingerprint density at radius 2 is 1.38 bits per heavy atom. The van der Waals surface area contributed by atoms with Gasteiger partial charge in [0.2, 0.25) is 0 Å². The summed E-state index contributed by atoms with van der Waals surface area (Å²) in [5.41, 5.74) is 3.20. The number of fused-ring (bicyclic) bond motifs is 1. The molecule has 2 N–H and O–H groups in total. The molecule has 0 saturated carbocycles. The van der Waals surface area contributed by atoms with Crippen LogP contribution < -0.4 is 10.6 Å². The molecule has 3 aromatic rings. The Morgan fingerprint density at radius 1 is 0.762 bits per heavy atom. The molecule has 0 aromatic heterocycles. The Balaban J connectivity index is 1.82. The van der Waals surface area contributed by atoms with Gasteiger partial charge in [0, 0.05) is 16.8 Å². The average molecular weight is 292 g/mol. The fourth-order valence-electron chi connectivity index (χ4n) is 2.32. The highest BCUT2D eigenvalue weighted by molar-refractivity contribution is 7.80. The zero-order chi connectivity index (χ0) is 14.7. The molecule has 3 aromatic carbocycles. The quantitative estimate of drug-likeness (QED) is 0.653. The number of thiocarbonyl (C=S) groups is 1. The smallest absolute Gasteiger partial charge is 0.175 e. The lowest BCUT2D eigenvalue weighted by Crippen LogP contribution is -2.19. The second-order valence-corrected chi connectivity index (χ2v) is 5.33. The SMILES string of the molecule is Cc1ccccc1NC(=S)Nc1cccc2ccccc12. The van der Waals surface area contributed by atoms with Gasteiger partial charge in [-0.15, -0.1) is 0 Å². The van der Waals surface area contributed by atoms with E-state index in [1.807, 2.05) is 42.5 Å². The fourth-order valence-corrected chi connectivity index (χ4v) is 2.54. The van der Waals surface area contributed by atoms with Crippen LogP contribution in [0, 0.1) is 6.92 Å². The van der Waals surface area contributed by atoms with Gasteiger partial charge < -0.3 is 10.6 Å². The maximum Gasteiger partial charge on any atom is 0.175 e. The summed E-state index contributed by atoms with van der Waals surface area (Å²) < 4.78 is 0. The first kappa shape index (κ1) is 13.6. The molecule has 104 valence electrons. The highest BCUT2D eigenvalue weighted by atomic mass is 32.1. The van der Waals surface area contributed by atoms with Gasteiger partial charge in [-0.3, -0.25) is 0 Å². The summed E-state index contributed by atoms with van der Waals surface area (Å²) in [4.78, 5) is 0. The number of hydrogen-bond acceptors (Lipinski definition) is 1. The average Bonchev–Trinajstić information content (AvgIpc) is 2.50. The van der Waals surface area contributed by atoms with E-state index >= 15 is 0 Å². The fraction of sp³-hybridized carbons (Fsp3) is 0.0556. The Bertz CT molecular complexity index is 791. The van der Waals surface area contributed by atoms with Crippen LogP contribution in [0.3, 0.4) is 0 Å². The van der Waals surface area contributed by atoms with E-state index in [4.69, 9.17) is 12.2 Å². The molecule has 21 heavy (non-hydrogen) atoms. The van der Waals surface area contributed by atoms with Crippen molar-refractivity contribution in [3.63, 3.8) is 0 Å². The number of rotatable bonds is 2. The summed E-state index contributed by atoms with van der Waals surface area (Å²) in [5.74, 6) is 0. The van der Waals surface area contributed by atoms with E-state index in [0.717, 1.165) is 16.8 Å². The molecular weight excluding hydrogens is 276 g/mol. The molecule has 0 bridgehead atoms. The van der Waals surface area contributed by atoms with Crippen molar-refractivity contribution in [2.75, 3.05) is 10.6 Å². The Labute approximate surface area is 129 Å². The normalized spacial score (nSPS) is 10.3. The van der Waals surface area contributed by atoms with Gasteiger partial charge in [-0.25, -0.2) is 0 Å². The highest BCUT2D eigenvalue weighted by Gasteiger charge is 2.04. The van der Waals surface area contributed by atoms with Gasteiger partial charge in [0.1, 0.15) is 0 Å². The van der Waals surface area contributed by atoms with E-state index in [9.17, 15) is 0 Å². The lowest BCUT2D eigenvalue weighted by molar-refractivity contribution is 1.46. The molecule has 0 aliphatic carbocycles. The first-order chi connectivity index (χ1) is 10.2. The van der Waals surface area contributed by atoms with Gasteiger partial charge in [-0.1, -0.05) is 54.6 Å². The van der Waals surface area contributed by atoms with Gasteiger partial charge in [0.15, 0.2) is 5.11 Å². The number of hydrogen-bond donors (Lipinski definition) is 2. The number of nitrogens with one attached hydrogen (secondary N) is 2. The lowest BCUT2D eigenvalue weighted by Gasteiger charge is -2.14. The van der Waals surface area contributed by atoms with Crippen LogP contribution in [0.25, 0.3) is 10.8 Å². The molecule has 0 heterocycles. The van der Waals surface area contributed by atoms with Gasteiger partial charge in [0.05, 0.1) is 0 Å². The first-order valence-corrected chi connectivity index (χ1v) is 7.26. The largest absolute Gasteiger partial charge is 0.332 e. The molecule has 0 aliphatic rings. The predicted octanol–water partition coefficient (Wildman–Crippen LogP) is 4.96. The summed E-state index contributed by atoms with van der Waals surface area (Å²) >= 11 is 5.42. The van der Waals surface area contributed by atoms with Crippen molar-refractivity contribution < 1.29 is 0 Å².